The molecule has 0 aliphatic rings. The first-order valence-corrected chi connectivity index (χ1v) is 26.5. The standard InChI is InChI=1S/C56H83N7O14/c1-33(2)27-42(59-50(68)40(57-46(65)25-26-64)21-23-47(66)76-31-38-17-13-11-14-18-38)52(70)61-44(29-35(5)6)54(72)63-49(37(9)10)55(73)58-41(22-24-48(67)77-32-39-19-15-12-16-20-39)51(69)60-43(28-34(3)4)53(71)62-45(56(74)75)30-36(7)8/h11-20,26,33-37,40-45,49H,21-25,27-32H2,1-10H3,(H,57,65)(H,58,73)(H,59,68)(H,60,69)(H,61,70)(H,62,71)(H,63,72)(H,74,75)/t40-,41-,42-,43+,44+,45-,49-/m0/s1. The van der Waals surface area contributed by atoms with E-state index in [0.717, 1.165) is 5.56 Å². The van der Waals surface area contributed by atoms with Gasteiger partial charge in [0.1, 0.15) is 61.8 Å². The van der Waals surface area contributed by atoms with E-state index >= 15 is 0 Å². The minimum Gasteiger partial charge on any atom is -0.480 e. The van der Waals surface area contributed by atoms with Gasteiger partial charge in [0, 0.05) is 12.8 Å². The van der Waals surface area contributed by atoms with Crippen molar-refractivity contribution >= 4 is 65.5 Å². The molecule has 0 saturated heterocycles. The van der Waals surface area contributed by atoms with E-state index in [1.165, 1.54) is 0 Å². The number of rotatable bonds is 35. The fourth-order valence-electron chi connectivity index (χ4n) is 7.95. The van der Waals surface area contributed by atoms with E-state index in [1.54, 1.807) is 130 Å². The number of carboxylic acids is 1. The van der Waals surface area contributed by atoms with Crippen LogP contribution in [-0.2, 0) is 75.4 Å². The van der Waals surface area contributed by atoms with Crippen LogP contribution in [0, 0.1) is 29.6 Å². The number of benzene rings is 2. The van der Waals surface area contributed by atoms with Crippen molar-refractivity contribution in [3.63, 3.8) is 0 Å². The highest BCUT2D eigenvalue weighted by atomic mass is 16.5. The molecule has 426 valence electrons. The topological polar surface area (TPSA) is 311 Å². The van der Waals surface area contributed by atoms with Gasteiger partial charge in [-0.25, -0.2) is 4.79 Å². The molecule has 0 fully saturated rings. The minimum absolute atomic E-state index is 0.0256. The Labute approximate surface area is 452 Å². The molecule has 0 aromatic heterocycles. The van der Waals surface area contributed by atoms with Crippen LogP contribution in [0.15, 0.2) is 60.7 Å². The normalized spacial score (nSPS) is 14.0. The number of aldehydes is 1. The summed E-state index contributed by atoms with van der Waals surface area (Å²) >= 11 is 0. The molecule has 0 aliphatic heterocycles. The highest BCUT2D eigenvalue weighted by molar-refractivity contribution is 5.98. The molecule has 0 spiro atoms. The van der Waals surface area contributed by atoms with Crippen molar-refractivity contribution in [3.05, 3.63) is 71.8 Å². The molecule has 0 saturated carbocycles. The maximum atomic E-state index is 14.3. The Morgan fingerprint density at radius 2 is 0.766 bits per heavy atom. The van der Waals surface area contributed by atoms with Crippen molar-refractivity contribution in [2.45, 2.75) is 183 Å². The number of hydrogen-bond donors (Lipinski definition) is 8. The molecular weight excluding hydrogens is 995 g/mol. The molecule has 2 aromatic carbocycles. The van der Waals surface area contributed by atoms with Gasteiger partial charge < -0.3 is 56.6 Å². The summed E-state index contributed by atoms with van der Waals surface area (Å²) < 4.78 is 10.8. The number of esters is 2. The summed E-state index contributed by atoms with van der Waals surface area (Å²) in [5.41, 5.74) is 1.44. The molecule has 0 heterocycles. The van der Waals surface area contributed by atoms with E-state index in [4.69, 9.17) is 9.47 Å². The van der Waals surface area contributed by atoms with Crippen LogP contribution in [0.4, 0.5) is 0 Å². The predicted molar refractivity (Wildman–Crippen MR) is 285 cm³/mol. The smallest absolute Gasteiger partial charge is 0.326 e. The molecule has 77 heavy (non-hydrogen) atoms. The number of carbonyl (C=O) groups is 11. The summed E-state index contributed by atoms with van der Waals surface area (Å²) in [5.74, 6) is -9.52. The molecule has 7 amide bonds. The van der Waals surface area contributed by atoms with Gasteiger partial charge in [0.05, 0.1) is 6.42 Å². The lowest BCUT2D eigenvalue weighted by Gasteiger charge is -2.30. The van der Waals surface area contributed by atoms with Crippen LogP contribution in [0.25, 0.3) is 0 Å². The van der Waals surface area contributed by atoms with Gasteiger partial charge in [-0.05, 0) is 79.2 Å². The zero-order valence-electron chi connectivity index (χ0n) is 46.3. The fraction of sp³-hybridized carbons (Fsp3) is 0.589. The molecule has 0 aliphatic carbocycles. The van der Waals surface area contributed by atoms with Crippen LogP contribution < -0.4 is 37.2 Å². The lowest BCUT2D eigenvalue weighted by atomic mass is 9.98. The largest absolute Gasteiger partial charge is 0.480 e. The van der Waals surface area contributed by atoms with E-state index in [9.17, 15) is 57.8 Å². The third kappa shape index (κ3) is 26.4. The SMILES string of the molecule is CC(C)C[C@H](NC(=O)[C@@H](CC(C)C)NC(=O)[C@H](CCC(=O)OCc1ccccc1)NC(=O)[C@@H](NC(=O)[C@@H](CC(C)C)NC(=O)[C@H](CC(C)C)NC(=O)[C@H](CCC(=O)OCc1ccccc1)NC(=O)CC=O)C(C)C)C(=O)O. The van der Waals surface area contributed by atoms with Gasteiger partial charge in [-0.1, -0.05) is 130 Å². The average Bonchev–Trinajstić information content (AvgIpc) is 3.35. The number of hydrogen-bond acceptors (Lipinski definition) is 13. The van der Waals surface area contributed by atoms with Gasteiger partial charge in [-0.2, -0.15) is 0 Å². The Kier molecular flexibility index (Phi) is 29.5. The van der Waals surface area contributed by atoms with Crippen LogP contribution in [0.5, 0.6) is 0 Å². The molecule has 21 nitrogen and oxygen atoms in total. The minimum atomic E-state index is -1.48. The maximum Gasteiger partial charge on any atom is 0.326 e. The Morgan fingerprint density at radius 3 is 1.12 bits per heavy atom. The van der Waals surface area contributed by atoms with Crippen LogP contribution in [0.1, 0.15) is 138 Å². The molecule has 2 rings (SSSR count). The quantitative estimate of drug-likeness (QED) is 0.0276. The highest BCUT2D eigenvalue weighted by Gasteiger charge is 2.36. The number of carbonyl (C=O) groups excluding carboxylic acids is 10. The molecule has 0 radical (unpaired) electrons. The Morgan fingerprint density at radius 1 is 0.442 bits per heavy atom. The number of ether oxygens (including phenoxy) is 2. The maximum absolute atomic E-state index is 14.3. The van der Waals surface area contributed by atoms with Gasteiger partial charge in [0.15, 0.2) is 0 Å². The van der Waals surface area contributed by atoms with Gasteiger partial charge in [-0.15, -0.1) is 0 Å². The molecule has 21 heteroatoms. The van der Waals surface area contributed by atoms with Crippen LogP contribution >= 0.6 is 0 Å². The molecule has 2 aromatic rings. The van der Waals surface area contributed by atoms with Crippen molar-refractivity contribution in [1.82, 2.24) is 37.2 Å². The summed E-state index contributed by atoms with van der Waals surface area (Å²) in [7, 11) is 0. The van der Waals surface area contributed by atoms with E-state index in [0.29, 0.717) is 11.8 Å². The predicted octanol–water partition coefficient (Wildman–Crippen LogP) is 3.94. The lowest BCUT2D eigenvalue weighted by Crippen LogP contribution is -2.61. The fourth-order valence-corrected chi connectivity index (χ4v) is 7.95. The van der Waals surface area contributed by atoms with Gasteiger partial charge in [-0.3, -0.25) is 43.2 Å². The van der Waals surface area contributed by atoms with Crippen LogP contribution in [0.2, 0.25) is 0 Å². The highest BCUT2D eigenvalue weighted by Crippen LogP contribution is 2.15. The molecule has 0 bridgehead atoms. The van der Waals surface area contributed by atoms with E-state index in [2.05, 4.69) is 37.2 Å². The van der Waals surface area contributed by atoms with Gasteiger partial charge >= 0.3 is 17.9 Å². The monoisotopic (exact) mass is 1080 g/mol. The lowest BCUT2D eigenvalue weighted by molar-refractivity contribution is -0.146. The summed E-state index contributed by atoms with van der Waals surface area (Å²) in [6.45, 7) is 17.6. The number of carboxylic acid groups (broad SMARTS) is 1. The Balaban J connectivity index is 2.40. The van der Waals surface area contributed by atoms with E-state index in [1.807, 2.05) is 0 Å². The summed E-state index contributed by atoms with van der Waals surface area (Å²) in [4.78, 5) is 146. The summed E-state index contributed by atoms with van der Waals surface area (Å²) in [6.07, 6.45) is -1.07. The van der Waals surface area contributed by atoms with Crippen molar-refractivity contribution in [2.75, 3.05) is 0 Å². The number of nitrogens with one attached hydrogen (secondary N) is 7. The van der Waals surface area contributed by atoms with Crippen molar-refractivity contribution in [1.29, 1.82) is 0 Å². The van der Waals surface area contributed by atoms with Crippen LogP contribution in [0.3, 0.4) is 0 Å². The number of aliphatic carboxylic acids is 1. The van der Waals surface area contributed by atoms with E-state index < -0.39 is 114 Å². The Hall–Kier alpha value is -7.19. The second kappa shape index (κ2) is 34.5. The Bertz CT molecular complexity index is 2260. The van der Waals surface area contributed by atoms with Crippen LogP contribution in [-0.4, -0.2) is 113 Å². The first-order valence-electron chi connectivity index (χ1n) is 26.5. The van der Waals surface area contributed by atoms with Crippen molar-refractivity contribution in [3.8, 4) is 0 Å². The summed E-state index contributed by atoms with van der Waals surface area (Å²) in [6, 6.07) is 8.56. The average molecular weight is 1080 g/mol. The second-order valence-electron chi connectivity index (χ2n) is 21.3. The molecule has 0 unspecified atom stereocenters. The molecule has 7 atom stereocenters. The van der Waals surface area contributed by atoms with Crippen molar-refractivity contribution in [2.24, 2.45) is 29.6 Å². The zero-order valence-corrected chi connectivity index (χ0v) is 46.3. The van der Waals surface area contributed by atoms with E-state index in [-0.39, 0.29) is 88.3 Å². The zero-order chi connectivity index (χ0) is 57.8. The molecular formula is C56H83N7O14. The number of amides is 7. The first kappa shape index (κ1) is 65.9. The third-order valence-electron chi connectivity index (χ3n) is 11.9. The summed E-state index contributed by atoms with van der Waals surface area (Å²) in [5, 5.41) is 28.2. The third-order valence-corrected chi connectivity index (χ3v) is 11.9. The first-order chi connectivity index (χ1) is 36.3. The second-order valence-corrected chi connectivity index (χ2v) is 21.3. The van der Waals surface area contributed by atoms with Gasteiger partial charge in [0.2, 0.25) is 41.4 Å². The van der Waals surface area contributed by atoms with Gasteiger partial charge in [0.25, 0.3) is 0 Å². The molecule has 8 N–H and O–H groups in total. The van der Waals surface area contributed by atoms with Crippen molar-refractivity contribution < 1.29 is 67.3 Å².